The number of fused-ring (bicyclic) bond motifs is 5. The van der Waals surface area contributed by atoms with Gasteiger partial charge in [0, 0.05) is 17.1 Å². The second-order valence-corrected chi connectivity index (χ2v) is 13.1. The third-order valence-electron chi connectivity index (χ3n) is 10.2. The Hall–Kier alpha value is -5.54. The highest BCUT2D eigenvalue weighted by atomic mass is 15.2. The Labute approximate surface area is 282 Å². The molecule has 1 aliphatic heterocycles. The number of amidine groups is 2. The quantitative estimate of drug-likeness (QED) is 0.237. The van der Waals surface area contributed by atoms with Crippen LogP contribution in [0.3, 0.4) is 0 Å². The van der Waals surface area contributed by atoms with Crippen molar-refractivity contribution in [1.82, 2.24) is 5.32 Å². The van der Waals surface area contributed by atoms with Crippen LogP contribution < -0.4 is 5.32 Å². The van der Waals surface area contributed by atoms with Gasteiger partial charge in [0.05, 0.1) is 0 Å². The number of hydrogen-bond acceptors (Lipinski definition) is 3. The number of hydrogen-bond donors (Lipinski definition) is 1. The van der Waals surface area contributed by atoms with Crippen LogP contribution in [0.25, 0.3) is 22.3 Å². The molecule has 232 valence electrons. The molecule has 0 bridgehead atoms. The molecule has 4 aliphatic carbocycles. The molecule has 0 aromatic heterocycles. The summed E-state index contributed by atoms with van der Waals surface area (Å²) in [6, 6.07) is 37.2. The summed E-state index contributed by atoms with van der Waals surface area (Å²) in [6.45, 7) is 0. The van der Waals surface area contributed by atoms with Crippen molar-refractivity contribution in [2.75, 3.05) is 0 Å². The van der Waals surface area contributed by atoms with E-state index in [0.29, 0.717) is 5.92 Å². The minimum absolute atomic E-state index is 0.334. The maximum Gasteiger partial charge on any atom is 0.169 e. The van der Waals surface area contributed by atoms with Gasteiger partial charge < -0.3 is 5.32 Å². The van der Waals surface area contributed by atoms with Gasteiger partial charge in [0.25, 0.3) is 0 Å². The monoisotopic (exact) mass is 619 g/mol. The molecule has 2 unspecified atom stereocenters. The van der Waals surface area contributed by atoms with E-state index < -0.39 is 0 Å². The molecule has 48 heavy (non-hydrogen) atoms. The molecular formula is C45H37N3. The molecule has 0 radical (unpaired) electrons. The number of nitrogens with one attached hydrogen (secondary N) is 1. The molecule has 0 spiro atoms. The summed E-state index contributed by atoms with van der Waals surface area (Å²) in [5.41, 5.74) is 15.6. The van der Waals surface area contributed by atoms with Crippen molar-refractivity contribution < 1.29 is 0 Å². The van der Waals surface area contributed by atoms with Crippen LogP contribution in [0.4, 0.5) is 0 Å². The molecule has 0 saturated carbocycles. The van der Waals surface area contributed by atoms with Crippen LogP contribution in [0.2, 0.25) is 0 Å². The molecular weight excluding hydrogens is 583 g/mol. The lowest BCUT2D eigenvalue weighted by Gasteiger charge is -2.35. The Bertz CT molecular complexity index is 2180. The lowest BCUT2D eigenvalue weighted by Crippen LogP contribution is -2.36. The highest BCUT2D eigenvalue weighted by Gasteiger charge is 2.32. The highest BCUT2D eigenvalue weighted by molar-refractivity contribution is 6.16. The standard InChI is InChI=1S/C45H37N3/c1-3-13-30(14-4-1)43-46-44(31-15-5-2-6-16-31)48-45(47-43)36-20-12-19-34(28-36)32-17-11-18-33(27-32)35-25-26-41-39-23-8-7-21-37(39)38-22-9-10-24-40(38)42(41)29-35/h1,3-5,7-9,11-23,25,27-29,41,45H,2,6,10,24,26H2,(H,46,47,48). The first-order valence-corrected chi connectivity index (χ1v) is 17.3. The van der Waals surface area contributed by atoms with Crippen LogP contribution in [0.5, 0.6) is 0 Å². The SMILES string of the molecule is C1=CC(C2=NC(c3cccc(-c4cccc(C5=CCC6C(=C5)C5=C(C=CCC5)c5ccccc56)c4)c3)N=C(c3ccccc3)N2)=CCC1. The summed E-state index contributed by atoms with van der Waals surface area (Å²) in [5, 5.41) is 3.53. The molecule has 1 N–H and O–H groups in total. The zero-order valence-electron chi connectivity index (χ0n) is 26.9. The van der Waals surface area contributed by atoms with Crippen LogP contribution in [-0.2, 0) is 0 Å². The van der Waals surface area contributed by atoms with E-state index in [2.05, 4.69) is 145 Å². The number of rotatable bonds is 5. The summed E-state index contributed by atoms with van der Waals surface area (Å²) in [4.78, 5) is 10.3. The fourth-order valence-corrected chi connectivity index (χ4v) is 7.79. The molecule has 1 heterocycles. The summed E-state index contributed by atoms with van der Waals surface area (Å²) in [6.07, 6.45) is 21.3. The molecule has 2 atom stereocenters. The lowest BCUT2D eigenvalue weighted by atomic mass is 9.69. The minimum atomic E-state index is -0.334. The Morgan fingerprint density at radius 3 is 2.27 bits per heavy atom. The van der Waals surface area contributed by atoms with Crippen molar-refractivity contribution in [3.05, 3.63) is 190 Å². The van der Waals surface area contributed by atoms with E-state index in [0.717, 1.165) is 60.5 Å². The van der Waals surface area contributed by atoms with Crippen LogP contribution in [0.1, 0.15) is 72.0 Å². The summed E-state index contributed by atoms with van der Waals surface area (Å²) in [5.74, 6) is 2.17. The zero-order valence-corrected chi connectivity index (χ0v) is 26.9. The summed E-state index contributed by atoms with van der Waals surface area (Å²) >= 11 is 0. The molecule has 5 aliphatic rings. The van der Waals surface area contributed by atoms with Gasteiger partial charge in [-0.3, -0.25) is 0 Å². The van der Waals surface area contributed by atoms with E-state index in [4.69, 9.17) is 9.98 Å². The van der Waals surface area contributed by atoms with E-state index in [1.807, 2.05) is 6.07 Å². The van der Waals surface area contributed by atoms with E-state index in [-0.39, 0.29) is 6.17 Å². The minimum Gasteiger partial charge on any atom is -0.324 e. The first-order chi connectivity index (χ1) is 23.8. The fourth-order valence-electron chi connectivity index (χ4n) is 7.79. The number of benzene rings is 4. The zero-order chi connectivity index (χ0) is 31.9. The van der Waals surface area contributed by atoms with E-state index in [9.17, 15) is 0 Å². The average Bonchev–Trinajstić information content (AvgIpc) is 3.18. The molecule has 0 saturated heterocycles. The Balaban J connectivity index is 1.06. The molecule has 0 amide bonds. The fraction of sp³-hybridized carbons (Fsp3) is 0.156. The maximum atomic E-state index is 5.14. The van der Waals surface area contributed by atoms with E-state index in [1.54, 1.807) is 0 Å². The maximum absolute atomic E-state index is 5.14. The van der Waals surface area contributed by atoms with Gasteiger partial charge >= 0.3 is 0 Å². The second-order valence-electron chi connectivity index (χ2n) is 13.1. The molecule has 3 heteroatoms. The average molecular weight is 620 g/mol. The van der Waals surface area contributed by atoms with Crippen LogP contribution in [-0.4, -0.2) is 11.7 Å². The third kappa shape index (κ3) is 5.26. The van der Waals surface area contributed by atoms with E-state index >= 15 is 0 Å². The summed E-state index contributed by atoms with van der Waals surface area (Å²) in [7, 11) is 0. The van der Waals surface area contributed by atoms with Crippen LogP contribution in [0.15, 0.2) is 172 Å². The predicted molar refractivity (Wildman–Crippen MR) is 200 cm³/mol. The largest absolute Gasteiger partial charge is 0.324 e. The van der Waals surface area contributed by atoms with Crippen molar-refractivity contribution in [2.45, 2.75) is 44.2 Å². The summed E-state index contributed by atoms with van der Waals surface area (Å²) < 4.78 is 0. The van der Waals surface area contributed by atoms with Gasteiger partial charge in [-0.2, -0.15) is 0 Å². The Morgan fingerprint density at radius 1 is 0.604 bits per heavy atom. The number of aliphatic imine (C=N–C) groups is 2. The van der Waals surface area contributed by atoms with Gasteiger partial charge in [-0.1, -0.05) is 134 Å². The molecule has 9 rings (SSSR count). The number of nitrogens with zero attached hydrogens (tertiary/aromatic N) is 2. The second kappa shape index (κ2) is 12.2. The van der Waals surface area contributed by atoms with Gasteiger partial charge in [0.15, 0.2) is 6.17 Å². The van der Waals surface area contributed by atoms with Gasteiger partial charge in [0.1, 0.15) is 11.7 Å². The Kier molecular flexibility index (Phi) is 7.31. The number of allylic oxidation sites excluding steroid dienone is 10. The van der Waals surface area contributed by atoms with Gasteiger partial charge in [-0.25, -0.2) is 9.98 Å². The van der Waals surface area contributed by atoms with Gasteiger partial charge in [0.2, 0.25) is 0 Å². The molecule has 3 nitrogen and oxygen atoms in total. The van der Waals surface area contributed by atoms with Crippen molar-refractivity contribution in [1.29, 1.82) is 0 Å². The van der Waals surface area contributed by atoms with Crippen molar-refractivity contribution >= 4 is 22.8 Å². The van der Waals surface area contributed by atoms with Gasteiger partial charge in [-0.05, 0) is 99.9 Å². The third-order valence-corrected chi connectivity index (χ3v) is 10.2. The van der Waals surface area contributed by atoms with Crippen LogP contribution >= 0.6 is 0 Å². The molecule has 0 fully saturated rings. The van der Waals surface area contributed by atoms with E-state index in [1.165, 1.54) is 50.1 Å². The predicted octanol–water partition coefficient (Wildman–Crippen LogP) is 10.7. The first-order valence-electron chi connectivity index (χ1n) is 17.3. The van der Waals surface area contributed by atoms with Gasteiger partial charge in [-0.15, -0.1) is 0 Å². The smallest absolute Gasteiger partial charge is 0.169 e. The lowest BCUT2D eigenvalue weighted by molar-refractivity contribution is 0.755. The Morgan fingerprint density at radius 2 is 1.38 bits per heavy atom. The van der Waals surface area contributed by atoms with Crippen molar-refractivity contribution in [3.8, 4) is 11.1 Å². The van der Waals surface area contributed by atoms with Crippen molar-refractivity contribution in [2.24, 2.45) is 9.98 Å². The topological polar surface area (TPSA) is 36.8 Å². The van der Waals surface area contributed by atoms with Crippen molar-refractivity contribution in [3.63, 3.8) is 0 Å². The highest BCUT2D eigenvalue weighted by Crippen LogP contribution is 2.50. The molecule has 4 aromatic carbocycles. The normalized spacial score (nSPS) is 21.0. The molecule has 4 aromatic rings. The first kappa shape index (κ1) is 28.7. The van der Waals surface area contributed by atoms with Crippen LogP contribution in [0, 0.1) is 0 Å².